The third kappa shape index (κ3) is 1.72. The molecule has 104 valence electrons. The van der Waals surface area contributed by atoms with Gasteiger partial charge in [-0.1, -0.05) is 0 Å². The molecule has 1 aromatic rings. The van der Waals surface area contributed by atoms with Gasteiger partial charge in [-0.05, 0) is 81.6 Å². The van der Waals surface area contributed by atoms with Crippen LogP contribution in [0.1, 0.15) is 61.7 Å². The zero-order valence-electron chi connectivity index (χ0n) is 12.1. The van der Waals surface area contributed by atoms with Gasteiger partial charge in [0.05, 0.1) is 0 Å². The monoisotopic (exact) mass is 259 g/mol. The SMILES string of the molecule is Cc1cc(C(N)C23CC4CC(CC(C4)C2)C3)c(C)o1. The van der Waals surface area contributed by atoms with E-state index < -0.39 is 0 Å². The summed E-state index contributed by atoms with van der Waals surface area (Å²) in [4.78, 5) is 0. The molecule has 4 fully saturated rings. The molecule has 4 aliphatic carbocycles. The van der Waals surface area contributed by atoms with E-state index in [1.54, 1.807) is 0 Å². The Balaban J connectivity index is 1.69. The Bertz CT molecular complexity index is 466. The Kier molecular flexibility index (Phi) is 2.45. The fraction of sp³-hybridized carbons (Fsp3) is 0.765. The minimum atomic E-state index is 0.193. The highest BCUT2D eigenvalue weighted by Gasteiger charge is 2.54. The highest BCUT2D eigenvalue weighted by Crippen LogP contribution is 2.63. The van der Waals surface area contributed by atoms with E-state index in [4.69, 9.17) is 10.2 Å². The molecule has 4 bridgehead atoms. The van der Waals surface area contributed by atoms with Crippen LogP contribution in [-0.2, 0) is 0 Å². The zero-order valence-corrected chi connectivity index (χ0v) is 12.1. The number of hydrogen-bond donors (Lipinski definition) is 1. The number of nitrogens with two attached hydrogens (primary N) is 1. The van der Waals surface area contributed by atoms with E-state index in [9.17, 15) is 0 Å². The van der Waals surface area contributed by atoms with Crippen molar-refractivity contribution in [2.75, 3.05) is 0 Å². The Morgan fingerprint density at radius 1 is 1.11 bits per heavy atom. The smallest absolute Gasteiger partial charge is 0.105 e. The van der Waals surface area contributed by atoms with E-state index in [-0.39, 0.29) is 6.04 Å². The Morgan fingerprint density at radius 2 is 1.63 bits per heavy atom. The van der Waals surface area contributed by atoms with Crippen LogP contribution < -0.4 is 5.73 Å². The van der Waals surface area contributed by atoms with Crippen molar-refractivity contribution >= 4 is 0 Å². The molecule has 0 aliphatic heterocycles. The normalized spacial score (nSPS) is 41.7. The maximum absolute atomic E-state index is 6.75. The fourth-order valence-electron chi connectivity index (χ4n) is 5.85. The lowest BCUT2D eigenvalue weighted by Crippen LogP contribution is -2.50. The van der Waals surface area contributed by atoms with Crippen molar-refractivity contribution in [2.45, 2.75) is 58.4 Å². The zero-order chi connectivity index (χ0) is 13.2. The van der Waals surface area contributed by atoms with Gasteiger partial charge in [-0.25, -0.2) is 0 Å². The van der Waals surface area contributed by atoms with E-state index in [0.717, 1.165) is 29.3 Å². The van der Waals surface area contributed by atoms with Gasteiger partial charge in [-0.15, -0.1) is 0 Å². The van der Waals surface area contributed by atoms with Crippen molar-refractivity contribution in [3.05, 3.63) is 23.2 Å². The van der Waals surface area contributed by atoms with Gasteiger partial charge >= 0.3 is 0 Å². The lowest BCUT2D eigenvalue weighted by atomic mass is 9.47. The van der Waals surface area contributed by atoms with Crippen LogP contribution in [0, 0.1) is 37.0 Å². The molecule has 4 aliphatic rings. The molecule has 1 unspecified atom stereocenters. The molecule has 0 radical (unpaired) electrons. The summed E-state index contributed by atoms with van der Waals surface area (Å²) in [5.74, 6) is 4.94. The van der Waals surface area contributed by atoms with E-state index in [1.165, 1.54) is 44.1 Å². The average molecular weight is 259 g/mol. The molecule has 19 heavy (non-hydrogen) atoms. The van der Waals surface area contributed by atoms with Crippen molar-refractivity contribution in [1.29, 1.82) is 0 Å². The first-order chi connectivity index (χ1) is 9.06. The third-order valence-corrected chi connectivity index (χ3v) is 6.16. The summed E-state index contributed by atoms with van der Waals surface area (Å²) in [5, 5.41) is 0. The molecule has 0 amide bonds. The van der Waals surface area contributed by atoms with E-state index >= 15 is 0 Å². The van der Waals surface area contributed by atoms with Crippen LogP contribution in [0.5, 0.6) is 0 Å². The molecule has 2 nitrogen and oxygen atoms in total. The minimum Gasteiger partial charge on any atom is -0.466 e. The van der Waals surface area contributed by atoms with Gasteiger partial charge in [-0.2, -0.15) is 0 Å². The van der Waals surface area contributed by atoms with Gasteiger partial charge in [0.15, 0.2) is 0 Å². The number of furan rings is 1. The minimum absolute atomic E-state index is 0.193. The summed E-state index contributed by atoms with van der Waals surface area (Å²) in [6.07, 6.45) is 8.54. The molecule has 1 atom stereocenters. The second-order valence-corrected chi connectivity index (χ2v) is 7.63. The molecule has 0 aromatic carbocycles. The van der Waals surface area contributed by atoms with E-state index in [2.05, 4.69) is 13.0 Å². The van der Waals surface area contributed by atoms with Crippen LogP contribution in [0.2, 0.25) is 0 Å². The highest BCUT2D eigenvalue weighted by molar-refractivity contribution is 5.27. The Hall–Kier alpha value is -0.760. The van der Waals surface area contributed by atoms with Crippen molar-refractivity contribution in [2.24, 2.45) is 28.9 Å². The number of aryl methyl sites for hydroxylation is 2. The Labute approximate surface area is 115 Å². The van der Waals surface area contributed by atoms with Gasteiger partial charge in [0.1, 0.15) is 11.5 Å². The predicted molar refractivity (Wildman–Crippen MR) is 75.7 cm³/mol. The second kappa shape index (κ2) is 3.88. The van der Waals surface area contributed by atoms with Crippen molar-refractivity contribution in [3.63, 3.8) is 0 Å². The summed E-state index contributed by atoms with van der Waals surface area (Å²) in [5.41, 5.74) is 8.41. The molecular weight excluding hydrogens is 234 g/mol. The van der Waals surface area contributed by atoms with Gasteiger partial charge in [0.25, 0.3) is 0 Å². The largest absolute Gasteiger partial charge is 0.466 e. The summed E-state index contributed by atoms with van der Waals surface area (Å²) < 4.78 is 5.72. The van der Waals surface area contributed by atoms with Gasteiger partial charge in [0, 0.05) is 11.6 Å². The number of rotatable bonds is 2. The quantitative estimate of drug-likeness (QED) is 0.868. The molecule has 1 aromatic heterocycles. The second-order valence-electron chi connectivity index (χ2n) is 7.63. The van der Waals surface area contributed by atoms with Crippen LogP contribution in [0.4, 0.5) is 0 Å². The summed E-state index contributed by atoms with van der Waals surface area (Å²) >= 11 is 0. The van der Waals surface area contributed by atoms with Crippen molar-refractivity contribution < 1.29 is 4.42 Å². The summed E-state index contributed by atoms with van der Waals surface area (Å²) in [6, 6.07) is 2.37. The molecule has 2 heteroatoms. The summed E-state index contributed by atoms with van der Waals surface area (Å²) in [7, 11) is 0. The van der Waals surface area contributed by atoms with Crippen molar-refractivity contribution in [1.82, 2.24) is 0 Å². The standard InChI is InChI=1S/C17H25NO/c1-10-3-15(11(2)19-10)16(18)17-7-12-4-13(8-17)6-14(5-12)9-17/h3,12-14,16H,4-9,18H2,1-2H3. The molecule has 0 saturated heterocycles. The molecule has 0 spiro atoms. The first kappa shape index (κ1) is 12.0. The van der Waals surface area contributed by atoms with Gasteiger partial charge < -0.3 is 10.2 Å². The topological polar surface area (TPSA) is 39.2 Å². The first-order valence-electron chi connectivity index (χ1n) is 7.88. The number of hydrogen-bond acceptors (Lipinski definition) is 2. The van der Waals surface area contributed by atoms with Crippen LogP contribution in [0.25, 0.3) is 0 Å². The maximum atomic E-state index is 6.75. The lowest BCUT2D eigenvalue weighted by molar-refractivity contribution is -0.0679. The molecule has 1 heterocycles. The van der Waals surface area contributed by atoms with Gasteiger partial charge in [-0.3, -0.25) is 0 Å². The Morgan fingerprint density at radius 3 is 2.05 bits per heavy atom. The lowest BCUT2D eigenvalue weighted by Gasteiger charge is -2.58. The van der Waals surface area contributed by atoms with Crippen LogP contribution in [-0.4, -0.2) is 0 Å². The first-order valence-corrected chi connectivity index (χ1v) is 7.88. The molecular formula is C17H25NO. The van der Waals surface area contributed by atoms with Crippen molar-refractivity contribution in [3.8, 4) is 0 Å². The molecule has 2 N–H and O–H groups in total. The molecule has 5 rings (SSSR count). The highest BCUT2D eigenvalue weighted by atomic mass is 16.3. The predicted octanol–water partition coefficient (Wildman–Crippen LogP) is 4.11. The summed E-state index contributed by atoms with van der Waals surface area (Å²) in [6.45, 7) is 4.10. The third-order valence-electron chi connectivity index (χ3n) is 6.16. The molecule has 4 saturated carbocycles. The van der Waals surface area contributed by atoms with E-state index in [1.807, 2.05) is 6.92 Å². The maximum Gasteiger partial charge on any atom is 0.105 e. The average Bonchev–Trinajstić information content (AvgIpc) is 2.65. The van der Waals surface area contributed by atoms with Crippen LogP contribution in [0.15, 0.2) is 10.5 Å². The van der Waals surface area contributed by atoms with Crippen LogP contribution in [0.3, 0.4) is 0 Å². The van der Waals surface area contributed by atoms with Crippen LogP contribution >= 0.6 is 0 Å². The van der Waals surface area contributed by atoms with E-state index in [0.29, 0.717) is 5.41 Å². The van der Waals surface area contributed by atoms with Gasteiger partial charge in [0.2, 0.25) is 0 Å². The fourth-order valence-corrected chi connectivity index (χ4v) is 5.85.